The number of alkyl carbamates (subject to hydrolysis) is 1. The van der Waals surface area contributed by atoms with Crippen molar-refractivity contribution in [2.24, 2.45) is 0 Å². The summed E-state index contributed by atoms with van der Waals surface area (Å²) in [4.78, 5) is 15.4. The SMILES string of the molecule is CC(C)(C)OC(=O)NCC#Cc1cc2c(Cl)nccc2o1. The number of aromatic nitrogens is 1. The van der Waals surface area contributed by atoms with Gasteiger partial charge >= 0.3 is 6.09 Å². The number of fused-ring (bicyclic) bond motifs is 1. The summed E-state index contributed by atoms with van der Waals surface area (Å²) >= 11 is 5.94. The van der Waals surface area contributed by atoms with Gasteiger partial charge in [-0.05, 0) is 32.8 Å². The van der Waals surface area contributed by atoms with E-state index in [9.17, 15) is 4.79 Å². The number of hydrogen-bond acceptors (Lipinski definition) is 4. The Hall–Kier alpha value is -2.19. The fourth-order valence-electron chi connectivity index (χ4n) is 1.55. The van der Waals surface area contributed by atoms with Crippen molar-refractivity contribution in [1.29, 1.82) is 0 Å². The summed E-state index contributed by atoms with van der Waals surface area (Å²) in [7, 11) is 0. The van der Waals surface area contributed by atoms with Gasteiger partial charge in [-0.15, -0.1) is 0 Å². The van der Waals surface area contributed by atoms with E-state index in [-0.39, 0.29) is 6.54 Å². The van der Waals surface area contributed by atoms with Crippen LogP contribution in [0, 0.1) is 11.8 Å². The van der Waals surface area contributed by atoms with Crippen LogP contribution in [0.25, 0.3) is 11.0 Å². The van der Waals surface area contributed by atoms with Crippen molar-refractivity contribution in [2.45, 2.75) is 26.4 Å². The van der Waals surface area contributed by atoms with Crippen LogP contribution in [0.4, 0.5) is 4.79 Å². The maximum Gasteiger partial charge on any atom is 0.408 e. The number of furan rings is 1. The van der Waals surface area contributed by atoms with Crippen LogP contribution in [0.2, 0.25) is 5.15 Å². The zero-order valence-corrected chi connectivity index (χ0v) is 12.7. The molecule has 0 fully saturated rings. The number of amides is 1. The average Bonchev–Trinajstić information content (AvgIpc) is 2.77. The predicted molar refractivity (Wildman–Crippen MR) is 80.1 cm³/mol. The third-order valence-corrected chi connectivity index (χ3v) is 2.63. The average molecular weight is 307 g/mol. The summed E-state index contributed by atoms with van der Waals surface area (Å²) in [6.45, 7) is 5.55. The molecule has 21 heavy (non-hydrogen) atoms. The van der Waals surface area contributed by atoms with E-state index in [4.69, 9.17) is 20.8 Å². The fraction of sp³-hybridized carbons (Fsp3) is 0.333. The second-order valence-corrected chi connectivity index (χ2v) is 5.64. The van der Waals surface area contributed by atoms with Crippen LogP contribution in [-0.4, -0.2) is 23.2 Å². The third-order valence-electron chi connectivity index (χ3n) is 2.33. The normalized spacial score (nSPS) is 10.9. The van der Waals surface area contributed by atoms with E-state index in [2.05, 4.69) is 22.1 Å². The Balaban J connectivity index is 1.96. The van der Waals surface area contributed by atoms with Crippen molar-refractivity contribution in [3.05, 3.63) is 29.2 Å². The molecule has 0 radical (unpaired) electrons. The van der Waals surface area contributed by atoms with Crippen molar-refractivity contribution < 1.29 is 13.9 Å². The molecule has 0 saturated carbocycles. The summed E-state index contributed by atoms with van der Waals surface area (Å²) in [6, 6.07) is 3.43. The van der Waals surface area contributed by atoms with Crippen molar-refractivity contribution in [3.63, 3.8) is 0 Å². The number of carbonyl (C=O) groups excluding carboxylic acids is 1. The smallest absolute Gasteiger partial charge is 0.408 e. The summed E-state index contributed by atoms with van der Waals surface area (Å²) in [6.07, 6.45) is 1.06. The lowest BCUT2D eigenvalue weighted by Crippen LogP contribution is -2.32. The molecule has 1 N–H and O–H groups in total. The zero-order chi connectivity index (χ0) is 15.5. The van der Waals surface area contributed by atoms with Gasteiger partial charge in [-0.2, -0.15) is 0 Å². The molecule has 6 heteroatoms. The quantitative estimate of drug-likeness (QED) is 0.648. The standard InChI is InChI=1S/C15H15ClN2O3/c1-15(2,3)21-14(19)18-7-4-5-10-9-11-12(20-10)6-8-17-13(11)16/h6,8-9H,7H2,1-3H3,(H,18,19). The highest BCUT2D eigenvalue weighted by molar-refractivity contribution is 6.34. The number of pyridine rings is 1. The lowest BCUT2D eigenvalue weighted by atomic mass is 10.2. The van der Waals surface area contributed by atoms with Gasteiger partial charge in [-0.25, -0.2) is 9.78 Å². The molecule has 2 aromatic heterocycles. The topological polar surface area (TPSA) is 64.4 Å². The zero-order valence-electron chi connectivity index (χ0n) is 12.0. The first kappa shape index (κ1) is 15.2. The first-order valence-corrected chi connectivity index (χ1v) is 6.73. The third kappa shape index (κ3) is 4.40. The van der Waals surface area contributed by atoms with Crippen LogP contribution in [0.1, 0.15) is 26.5 Å². The van der Waals surface area contributed by atoms with E-state index in [1.54, 1.807) is 39.1 Å². The molecule has 0 aromatic carbocycles. The number of hydrogen-bond donors (Lipinski definition) is 1. The monoisotopic (exact) mass is 306 g/mol. The fourth-order valence-corrected chi connectivity index (χ4v) is 1.76. The predicted octanol–water partition coefficient (Wildman–Crippen LogP) is 3.36. The second-order valence-electron chi connectivity index (χ2n) is 5.28. The minimum Gasteiger partial charge on any atom is -0.448 e. The maximum absolute atomic E-state index is 11.4. The highest BCUT2D eigenvalue weighted by Gasteiger charge is 2.15. The number of ether oxygens (including phenoxy) is 1. The van der Waals surface area contributed by atoms with Gasteiger partial charge in [0, 0.05) is 12.3 Å². The summed E-state index contributed by atoms with van der Waals surface area (Å²) in [5.41, 5.74) is 0.0967. The molecule has 0 atom stereocenters. The molecule has 0 aliphatic rings. The first-order valence-electron chi connectivity index (χ1n) is 6.35. The van der Waals surface area contributed by atoms with E-state index in [1.807, 2.05) is 0 Å². The molecule has 5 nitrogen and oxygen atoms in total. The van der Waals surface area contributed by atoms with Crippen LogP contribution in [0.5, 0.6) is 0 Å². The van der Waals surface area contributed by atoms with E-state index >= 15 is 0 Å². The van der Waals surface area contributed by atoms with Crippen LogP contribution in [0.3, 0.4) is 0 Å². The lowest BCUT2D eigenvalue weighted by molar-refractivity contribution is 0.0535. The molecular formula is C15H15ClN2O3. The number of nitrogens with zero attached hydrogens (tertiary/aromatic N) is 1. The van der Waals surface area contributed by atoms with Gasteiger partial charge in [0.25, 0.3) is 0 Å². The molecule has 2 rings (SSSR count). The molecule has 0 unspecified atom stereocenters. The maximum atomic E-state index is 11.4. The van der Waals surface area contributed by atoms with Crippen LogP contribution in [0.15, 0.2) is 22.7 Å². The molecule has 0 saturated heterocycles. The minimum atomic E-state index is -0.528. The molecule has 1 amide bonds. The second kappa shape index (κ2) is 6.06. The van der Waals surface area contributed by atoms with Gasteiger partial charge in [0.1, 0.15) is 16.3 Å². The van der Waals surface area contributed by atoms with Crippen molar-refractivity contribution in [1.82, 2.24) is 10.3 Å². The van der Waals surface area contributed by atoms with Crippen LogP contribution < -0.4 is 5.32 Å². The van der Waals surface area contributed by atoms with Gasteiger partial charge in [0.2, 0.25) is 0 Å². The van der Waals surface area contributed by atoms with E-state index in [0.717, 1.165) is 0 Å². The highest BCUT2D eigenvalue weighted by Crippen LogP contribution is 2.23. The van der Waals surface area contributed by atoms with Gasteiger partial charge in [-0.3, -0.25) is 0 Å². The lowest BCUT2D eigenvalue weighted by Gasteiger charge is -2.18. The van der Waals surface area contributed by atoms with Gasteiger partial charge < -0.3 is 14.5 Å². The molecular weight excluding hydrogens is 292 g/mol. The van der Waals surface area contributed by atoms with E-state index in [0.29, 0.717) is 21.9 Å². The Bertz CT molecular complexity index is 720. The van der Waals surface area contributed by atoms with Gasteiger partial charge in [0.05, 0.1) is 11.9 Å². The van der Waals surface area contributed by atoms with Crippen LogP contribution in [-0.2, 0) is 4.74 Å². The molecule has 0 aliphatic carbocycles. The number of carbonyl (C=O) groups is 1. The molecule has 2 aromatic rings. The Labute approximate surface area is 127 Å². The Morgan fingerprint density at radius 3 is 2.95 bits per heavy atom. The van der Waals surface area contributed by atoms with Crippen molar-refractivity contribution in [3.8, 4) is 11.8 Å². The van der Waals surface area contributed by atoms with Gasteiger partial charge in [0.15, 0.2) is 5.76 Å². The largest absolute Gasteiger partial charge is 0.448 e. The van der Waals surface area contributed by atoms with E-state index in [1.165, 1.54) is 0 Å². The first-order chi connectivity index (χ1) is 9.85. The highest BCUT2D eigenvalue weighted by atomic mass is 35.5. The Morgan fingerprint density at radius 2 is 2.29 bits per heavy atom. The Kier molecular flexibility index (Phi) is 4.39. The molecule has 0 aliphatic heterocycles. The van der Waals surface area contributed by atoms with Crippen molar-refractivity contribution >= 4 is 28.7 Å². The van der Waals surface area contributed by atoms with Crippen LogP contribution >= 0.6 is 11.6 Å². The number of halogens is 1. The summed E-state index contributed by atoms with van der Waals surface area (Å²) in [5, 5.41) is 3.62. The van der Waals surface area contributed by atoms with Gasteiger partial charge in [-0.1, -0.05) is 17.5 Å². The molecule has 2 heterocycles. The van der Waals surface area contributed by atoms with Crippen molar-refractivity contribution in [2.75, 3.05) is 6.54 Å². The number of nitrogens with one attached hydrogen (secondary N) is 1. The summed E-state index contributed by atoms with van der Waals surface area (Å²) < 4.78 is 10.6. The minimum absolute atomic E-state index is 0.165. The number of rotatable bonds is 1. The molecule has 0 spiro atoms. The molecule has 0 bridgehead atoms. The molecule has 110 valence electrons. The van der Waals surface area contributed by atoms with E-state index < -0.39 is 11.7 Å². The Morgan fingerprint density at radius 1 is 1.52 bits per heavy atom. The summed E-state index contributed by atoms with van der Waals surface area (Å²) in [5.74, 6) is 6.05.